The predicted molar refractivity (Wildman–Crippen MR) is 96.4 cm³/mol. The van der Waals surface area contributed by atoms with Gasteiger partial charge in [-0.2, -0.15) is 0 Å². The molecule has 0 radical (unpaired) electrons. The molecule has 7 nitrogen and oxygen atoms in total. The summed E-state index contributed by atoms with van der Waals surface area (Å²) in [7, 11) is 0. The second kappa shape index (κ2) is 7.43. The Labute approximate surface area is 152 Å². The number of aromatic nitrogens is 3. The largest absolute Gasteiger partial charge is 0.356 e. The fourth-order valence-electron chi connectivity index (χ4n) is 4.14. The second-order valence-electron chi connectivity index (χ2n) is 7.33. The summed E-state index contributed by atoms with van der Waals surface area (Å²) in [4.78, 5) is 26.6. The van der Waals surface area contributed by atoms with E-state index in [0.717, 1.165) is 37.2 Å². The number of fused-ring (bicyclic) bond motifs is 1. The first-order valence-electron chi connectivity index (χ1n) is 9.58. The maximum absolute atomic E-state index is 12.4. The van der Waals surface area contributed by atoms with Crippen molar-refractivity contribution in [2.75, 3.05) is 13.1 Å². The van der Waals surface area contributed by atoms with Crippen molar-refractivity contribution in [1.82, 2.24) is 24.8 Å². The lowest BCUT2D eigenvalue weighted by atomic mass is 10.1. The van der Waals surface area contributed by atoms with Crippen molar-refractivity contribution in [3.8, 4) is 0 Å². The molecule has 2 fully saturated rings. The van der Waals surface area contributed by atoms with E-state index in [1.165, 1.54) is 12.8 Å². The number of hydrogen-bond acceptors (Lipinski definition) is 4. The summed E-state index contributed by atoms with van der Waals surface area (Å²) in [5, 5.41) is 11.3. The average molecular weight is 355 g/mol. The summed E-state index contributed by atoms with van der Waals surface area (Å²) < 4.78 is 1.97. The van der Waals surface area contributed by atoms with Crippen LogP contribution in [-0.4, -0.2) is 50.4 Å². The highest BCUT2D eigenvalue weighted by Crippen LogP contribution is 2.29. The zero-order valence-electron chi connectivity index (χ0n) is 14.9. The molecule has 0 bridgehead atoms. The van der Waals surface area contributed by atoms with Crippen LogP contribution in [0.4, 0.5) is 0 Å². The number of likely N-dealkylation sites (tertiary alicyclic amines) is 1. The van der Waals surface area contributed by atoms with Gasteiger partial charge in [-0.05, 0) is 31.4 Å². The van der Waals surface area contributed by atoms with Crippen molar-refractivity contribution in [1.29, 1.82) is 0 Å². The first kappa shape index (κ1) is 17.0. The number of rotatable bonds is 6. The third-order valence-corrected chi connectivity index (χ3v) is 5.56. The van der Waals surface area contributed by atoms with Crippen molar-refractivity contribution < 1.29 is 9.59 Å². The van der Waals surface area contributed by atoms with Gasteiger partial charge in [-0.15, -0.1) is 10.2 Å². The lowest BCUT2D eigenvalue weighted by Gasteiger charge is -2.23. The zero-order chi connectivity index (χ0) is 17.9. The smallest absolute Gasteiger partial charge is 0.225 e. The van der Waals surface area contributed by atoms with Crippen LogP contribution in [0.25, 0.3) is 5.65 Å². The molecule has 2 amide bonds. The number of nitrogens with zero attached hydrogens (tertiary/aromatic N) is 4. The summed E-state index contributed by atoms with van der Waals surface area (Å²) >= 11 is 0. The molecule has 2 aliphatic rings. The van der Waals surface area contributed by atoms with Crippen molar-refractivity contribution in [2.24, 2.45) is 5.92 Å². The summed E-state index contributed by atoms with van der Waals surface area (Å²) in [5.41, 5.74) is 0.836. The van der Waals surface area contributed by atoms with Crippen LogP contribution in [0.15, 0.2) is 24.4 Å². The lowest BCUT2D eigenvalue weighted by molar-refractivity contribution is -0.130. The van der Waals surface area contributed by atoms with E-state index in [-0.39, 0.29) is 17.7 Å². The number of hydrogen-bond donors (Lipinski definition) is 1. The Morgan fingerprint density at radius 3 is 2.92 bits per heavy atom. The molecule has 7 heteroatoms. The molecule has 0 aromatic carbocycles. The molecule has 3 heterocycles. The Hall–Kier alpha value is -2.44. The van der Waals surface area contributed by atoms with Crippen molar-refractivity contribution >= 4 is 17.5 Å². The molecule has 1 N–H and O–H groups in total. The van der Waals surface area contributed by atoms with Crippen LogP contribution in [0.5, 0.6) is 0 Å². The Morgan fingerprint density at radius 1 is 1.23 bits per heavy atom. The van der Waals surface area contributed by atoms with E-state index in [2.05, 4.69) is 15.5 Å². The minimum Gasteiger partial charge on any atom is -0.356 e. The third kappa shape index (κ3) is 3.43. The summed E-state index contributed by atoms with van der Waals surface area (Å²) in [6.07, 6.45) is 8.43. The lowest BCUT2D eigenvalue weighted by Crippen LogP contribution is -2.37. The van der Waals surface area contributed by atoms with Gasteiger partial charge in [0.15, 0.2) is 5.65 Å². The van der Waals surface area contributed by atoms with E-state index in [4.69, 9.17) is 0 Å². The number of amides is 2. The predicted octanol–water partition coefficient (Wildman–Crippen LogP) is 1.57. The van der Waals surface area contributed by atoms with Gasteiger partial charge in [-0.3, -0.25) is 14.0 Å². The molecule has 0 unspecified atom stereocenters. The number of carbonyl (C=O) groups excluding carboxylic acids is 2. The first-order valence-corrected chi connectivity index (χ1v) is 9.58. The minimum atomic E-state index is -0.197. The maximum Gasteiger partial charge on any atom is 0.225 e. The van der Waals surface area contributed by atoms with Crippen LogP contribution in [0.2, 0.25) is 0 Å². The van der Waals surface area contributed by atoms with Crippen LogP contribution < -0.4 is 5.32 Å². The van der Waals surface area contributed by atoms with E-state index >= 15 is 0 Å². The maximum atomic E-state index is 12.4. The highest BCUT2D eigenvalue weighted by Gasteiger charge is 2.38. The monoisotopic (exact) mass is 355 g/mol. The van der Waals surface area contributed by atoms with Gasteiger partial charge < -0.3 is 10.2 Å². The number of nitrogens with one attached hydrogen (secondary N) is 1. The van der Waals surface area contributed by atoms with Crippen molar-refractivity contribution in [2.45, 2.75) is 51.0 Å². The van der Waals surface area contributed by atoms with Crippen LogP contribution in [0, 0.1) is 5.92 Å². The van der Waals surface area contributed by atoms with Gasteiger partial charge >= 0.3 is 0 Å². The van der Waals surface area contributed by atoms with Crippen molar-refractivity contribution in [3.63, 3.8) is 0 Å². The Kier molecular flexibility index (Phi) is 4.86. The molecule has 4 rings (SSSR count). The fraction of sp³-hybridized carbons (Fsp3) is 0.579. The van der Waals surface area contributed by atoms with Gasteiger partial charge in [0.2, 0.25) is 11.8 Å². The van der Waals surface area contributed by atoms with Gasteiger partial charge in [0.1, 0.15) is 5.82 Å². The third-order valence-electron chi connectivity index (χ3n) is 5.56. The van der Waals surface area contributed by atoms with E-state index in [1.54, 1.807) is 0 Å². The summed E-state index contributed by atoms with van der Waals surface area (Å²) in [6, 6.07) is 6.17. The van der Waals surface area contributed by atoms with Gasteiger partial charge in [-0.25, -0.2) is 0 Å². The molecule has 1 saturated heterocycles. The molecule has 1 saturated carbocycles. The number of pyridine rings is 1. The molecule has 1 atom stereocenters. The topological polar surface area (TPSA) is 79.6 Å². The van der Waals surface area contributed by atoms with Crippen LogP contribution in [0.3, 0.4) is 0 Å². The molecule has 2 aromatic rings. The Balaban J connectivity index is 1.23. The van der Waals surface area contributed by atoms with E-state index in [1.807, 2.05) is 33.7 Å². The van der Waals surface area contributed by atoms with Gasteiger partial charge in [-0.1, -0.05) is 18.9 Å². The van der Waals surface area contributed by atoms with Crippen LogP contribution in [0.1, 0.15) is 44.3 Å². The van der Waals surface area contributed by atoms with Gasteiger partial charge in [0.25, 0.3) is 0 Å². The second-order valence-corrected chi connectivity index (χ2v) is 7.33. The zero-order valence-corrected chi connectivity index (χ0v) is 14.9. The Bertz CT molecular complexity index is 796. The molecular weight excluding hydrogens is 330 g/mol. The summed E-state index contributed by atoms with van der Waals surface area (Å²) in [5.74, 6) is 0.854. The van der Waals surface area contributed by atoms with E-state index in [0.29, 0.717) is 25.6 Å². The van der Waals surface area contributed by atoms with Gasteiger partial charge in [0, 0.05) is 38.2 Å². The Morgan fingerprint density at radius 2 is 2.08 bits per heavy atom. The fourth-order valence-corrected chi connectivity index (χ4v) is 4.14. The molecule has 138 valence electrons. The highest BCUT2D eigenvalue weighted by molar-refractivity contribution is 5.89. The quantitative estimate of drug-likeness (QED) is 0.798. The average Bonchev–Trinajstić information content (AvgIpc) is 3.38. The highest BCUT2D eigenvalue weighted by atomic mass is 16.2. The number of carbonyl (C=O) groups is 2. The standard InChI is InChI=1S/C19H25N5O2/c25-18-12-14(13-24(18)15-6-1-2-7-15)19(26)20-10-5-9-17-22-21-16-8-3-4-11-23(16)17/h3-4,8,11,14-15H,1-2,5-7,9-10,12-13H2,(H,20,26)/t14-/m0/s1. The molecule has 2 aromatic heterocycles. The van der Waals surface area contributed by atoms with Gasteiger partial charge in [0.05, 0.1) is 5.92 Å². The normalized spacial score (nSPS) is 21.0. The minimum absolute atomic E-state index is 0.00458. The molecular formula is C19H25N5O2. The van der Waals surface area contributed by atoms with E-state index in [9.17, 15) is 9.59 Å². The summed E-state index contributed by atoms with van der Waals surface area (Å²) in [6.45, 7) is 1.18. The van der Waals surface area contributed by atoms with Crippen LogP contribution in [-0.2, 0) is 16.0 Å². The molecule has 0 spiro atoms. The van der Waals surface area contributed by atoms with Crippen molar-refractivity contribution in [3.05, 3.63) is 30.2 Å². The number of aryl methyl sites for hydroxylation is 1. The van der Waals surface area contributed by atoms with Crippen LogP contribution >= 0.6 is 0 Å². The first-order chi connectivity index (χ1) is 12.7. The molecule has 1 aliphatic carbocycles. The molecule has 1 aliphatic heterocycles. The SMILES string of the molecule is O=C(NCCCc1nnc2ccccn12)[C@H]1CC(=O)N(C2CCCC2)C1. The van der Waals surface area contributed by atoms with E-state index < -0.39 is 0 Å². The molecule has 26 heavy (non-hydrogen) atoms.